The first-order chi connectivity index (χ1) is 34.3. The fourth-order valence-corrected chi connectivity index (χ4v) is 15.1. The highest BCUT2D eigenvalue weighted by molar-refractivity contribution is 5.96. The van der Waals surface area contributed by atoms with Gasteiger partial charge in [-0.15, -0.1) is 0 Å². The van der Waals surface area contributed by atoms with Crippen molar-refractivity contribution in [2.45, 2.75) is 214 Å². The summed E-state index contributed by atoms with van der Waals surface area (Å²) in [4.78, 5) is 80.7. The molecule has 0 bridgehead atoms. The average molecular weight is 1050 g/mol. The van der Waals surface area contributed by atoms with E-state index in [4.69, 9.17) is 28.4 Å². The van der Waals surface area contributed by atoms with E-state index in [2.05, 4.69) is 38.3 Å². The molecular formula is C54H84N2O18. The largest absolute Gasteiger partial charge is 0.481 e. The van der Waals surface area contributed by atoms with Gasteiger partial charge in [0.2, 0.25) is 0 Å². The molecule has 20 nitrogen and oxygen atoms in total. The van der Waals surface area contributed by atoms with E-state index in [-0.39, 0.29) is 28.4 Å². The molecule has 0 spiro atoms. The van der Waals surface area contributed by atoms with Gasteiger partial charge in [-0.3, -0.25) is 19.2 Å². The Hall–Kier alpha value is -3.60. The number of esters is 2. The number of ketones is 1. The highest BCUT2D eigenvalue weighted by Gasteiger charge is 2.71. The van der Waals surface area contributed by atoms with E-state index in [1.54, 1.807) is 27.7 Å². The van der Waals surface area contributed by atoms with Gasteiger partial charge in [-0.2, -0.15) is 0 Å². The highest BCUT2D eigenvalue weighted by atomic mass is 16.8. The van der Waals surface area contributed by atoms with Crippen molar-refractivity contribution in [1.82, 2.24) is 10.6 Å². The van der Waals surface area contributed by atoms with Crippen LogP contribution < -0.4 is 10.6 Å². The van der Waals surface area contributed by atoms with Crippen molar-refractivity contribution in [3.8, 4) is 0 Å². The van der Waals surface area contributed by atoms with Crippen molar-refractivity contribution < 1.29 is 87.8 Å². The molecule has 0 aromatic rings. The average Bonchev–Trinajstić information content (AvgIpc) is 3.33. The summed E-state index contributed by atoms with van der Waals surface area (Å²) in [6.07, 6.45) is -12.7. The van der Waals surface area contributed by atoms with Crippen molar-refractivity contribution in [2.24, 2.45) is 62.1 Å². The number of carbonyl (C=O) groups is 6. The van der Waals surface area contributed by atoms with Gasteiger partial charge in [-0.05, 0) is 122 Å². The number of aliphatic carboxylic acids is 1. The second-order valence-corrected chi connectivity index (χ2v) is 25.5. The summed E-state index contributed by atoms with van der Waals surface area (Å²) in [5.41, 5.74) is -2.07. The molecule has 5 aliphatic carbocycles. The maximum atomic E-state index is 15.1. The van der Waals surface area contributed by atoms with Crippen LogP contribution in [0.2, 0.25) is 0 Å². The Morgan fingerprint density at radius 2 is 1.19 bits per heavy atom. The number of aliphatic hydroxyl groups is 5. The standard InChI is InChI=1S/C54H84N2O18/c1-24(2)31(44(65)69-12)55-42(63)38-34(59)33(58)37(62)46(72-38)74-40-36(61)35(60)39(43(64)56-32(25(3)4)45(66)70-13)73-47(40)71-30-15-16-52(9)29(49(30,5)6)14-17-54(11)41(52)28(57)22-26-27-23-51(8,48(67)68)19-18-50(27,7)20-21-53(26,54)10/h22,24-25,27,29-41,46-47,58-62H,14-21,23H2,1-13H3,(H,55,63)(H,56,64)(H,67,68)/t27?,29?,30?,31?,32?,33-,34-,35-,36?,37?,38?,39?,40?,41?,46-,47+,50+,51-,52-,53+,54+/m0/s1. The number of carbonyl (C=O) groups excluding carboxylic acids is 5. The molecular weight excluding hydrogens is 965 g/mol. The lowest BCUT2D eigenvalue weighted by atomic mass is 9.33. The van der Waals surface area contributed by atoms with Crippen LogP contribution in [0.1, 0.15) is 134 Å². The van der Waals surface area contributed by atoms with Crippen LogP contribution in [-0.4, -0.2) is 160 Å². The fraction of sp³-hybridized carbons (Fsp3) is 0.852. The first kappa shape index (κ1) is 58.1. The second kappa shape index (κ2) is 20.6. The maximum Gasteiger partial charge on any atom is 0.328 e. The van der Waals surface area contributed by atoms with Gasteiger partial charge < -0.3 is 69.7 Å². The van der Waals surface area contributed by atoms with Gasteiger partial charge in [0.1, 0.15) is 48.7 Å². The lowest BCUT2D eigenvalue weighted by Crippen LogP contribution is -2.69. The molecule has 20 heteroatoms. The number of fused-ring (bicyclic) bond motifs is 7. The van der Waals surface area contributed by atoms with E-state index in [1.165, 1.54) is 0 Å². The van der Waals surface area contributed by atoms with Crippen LogP contribution in [0.15, 0.2) is 11.6 Å². The first-order valence-electron chi connectivity index (χ1n) is 26.6. The number of methoxy groups -OCH3 is 2. The number of allylic oxidation sites excluding steroid dienone is 2. The molecule has 0 aromatic heterocycles. The monoisotopic (exact) mass is 1050 g/mol. The third-order valence-electron chi connectivity index (χ3n) is 20.1. The van der Waals surface area contributed by atoms with Crippen LogP contribution in [0.5, 0.6) is 0 Å². The Labute approximate surface area is 434 Å². The van der Waals surface area contributed by atoms with Crippen LogP contribution in [0, 0.1) is 62.1 Å². The number of nitrogens with one attached hydrogen (secondary N) is 2. The third kappa shape index (κ3) is 9.55. The summed E-state index contributed by atoms with van der Waals surface area (Å²) in [5, 5.41) is 72.3. The van der Waals surface area contributed by atoms with Gasteiger partial charge in [0.15, 0.2) is 30.6 Å². The number of ether oxygens (including phenoxy) is 6. The van der Waals surface area contributed by atoms with Gasteiger partial charge in [-0.1, -0.05) is 74.8 Å². The Balaban J connectivity index is 1.20. The number of rotatable bonds is 13. The smallest absolute Gasteiger partial charge is 0.328 e. The van der Waals surface area contributed by atoms with Crippen molar-refractivity contribution in [3.05, 3.63) is 11.6 Å². The van der Waals surface area contributed by atoms with Crippen LogP contribution >= 0.6 is 0 Å². The number of carboxylic acid groups (broad SMARTS) is 1. The van der Waals surface area contributed by atoms with Crippen molar-refractivity contribution >= 4 is 35.5 Å². The minimum atomic E-state index is -2.08. The molecule has 7 aliphatic rings. The predicted octanol–water partition coefficient (Wildman–Crippen LogP) is 2.70. The summed E-state index contributed by atoms with van der Waals surface area (Å²) < 4.78 is 34.9. The topological polar surface area (TPSA) is 303 Å². The van der Waals surface area contributed by atoms with E-state index >= 15 is 4.79 Å². The first-order valence-corrected chi connectivity index (χ1v) is 26.6. The quantitative estimate of drug-likeness (QED) is 0.0972. The number of aliphatic hydroxyl groups excluding tert-OH is 5. The summed E-state index contributed by atoms with van der Waals surface area (Å²) >= 11 is 0. The van der Waals surface area contributed by atoms with E-state index in [1.807, 2.05) is 26.8 Å². The molecule has 4 saturated carbocycles. The van der Waals surface area contributed by atoms with Crippen LogP contribution in [0.3, 0.4) is 0 Å². The maximum absolute atomic E-state index is 15.1. The molecule has 74 heavy (non-hydrogen) atoms. The molecule has 0 radical (unpaired) electrons. The summed E-state index contributed by atoms with van der Waals surface area (Å²) in [7, 11) is 2.28. The minimum Gasteiger partial charge on any atom is -0.481 e. The van der Waals surface area contributed by atoms with Gasteiger partial charge in [0, 0.05) is 5.92 Å². The van der Waals surface area contributed by atoms with Crippen molar-refractivity contribution in [2.75, 3.05) is 14.2 Å². The van der Waals surface area contributed by atoms with Crippen LogP contribution in [0.25, 0.3) is 0 Å². The summed E-state index contributed by atoms with van der Waals surface area (Å²) in [5.74, 6) is -5.94. The molecule has 2 amide bonds. The molecule has 0 aromatic carbocycles. The Morgan fingerprint density at radius 1 is 0.662 bits per heavy atom. The van der Waals surface area contributed by atoms with E-state index < -0.39 is 149 Å². The zero-order chi connectivity index (χ0) is 55.2. The second-order valence-electron chi connectivity index (χ2n) is 25.5. The molecule has 418 valence electrons. The van der Waals surface area contributed by atoms with Crippen LogP contribution in [-0.2, 0) is 57.2 Å². The Kier molecular flexibility index (Phi) is 16.2. The van der Waals surface area contributed by atoms with Gasteiger partial charge in [-0.25, -0.2) is 9.59 Å². The lowest BCUT2D eigenvalue weighted by molar-refractivity contribution is -0.369. The van der Waals surface area contributed by atoms with Crippen LogP contribution in [0.4, 0.5) is 0 Å². The Bertz CT molecular complexity index is 2220. The van der Waals surface area contributed by atoms with E-state index in [0.29, 0.717) is 38.5 Å². The highest BCUT2D eigenvalue weighted by Crippen LogP contribution is 2.75. The molecule has 2 aliphatic heterocycles. The molecule has 21 atom stereocenters. The molecule has 11 unspecified atom stereocenters. The van der Waals surface area contributed by atoms with Gasteiger partial charge >= 0.3 is 17.9 Å². The van der Waals surface area contributed by atoms with E-state index in [9.17, 15) is 54.6 Å². The minimum absolute atomic E-state index is 0.0475. The number of hydrogen-bond donors (Lipinski definition) is 8. The van der Waals surface area contributed by atoms with E-state index in [0.717, 1.165) is 39.1 Å². The predicted molar refractivity (Wildman–Crippen MR) is 262 cm³/mol. The Morgan fingerprint density at radius 3 is 1.72 bits per heavy atom. The molecule has 8 N–H and O–H groups in total. The summed E-state index contributed by atoms with van der Waals surface area (Å²) in [6, 6.07) is -2.38. The SMILES string of the molecule is COC(=O)C(NC(=O)C1O[C@@H](OC2CC[C@@]3(C)C(CC[C@]4(C)C3C(=O)C=C3C5C[C@@](C)(C(=O)O)CC[C@]5(C)CC[C@]34C)C2(C)C)C(O[C@@H]2OC(C(=O)NC(C(=O)OC)C(C)C)[C@@H](O)[C@H](O)C2O)C(O)[C@@H]1O)C(C)C. The zero-order valence-corrected chi connectivity index (χ0v) is 45.4. The number of carboxylic acids is 1. The number of amides is 2. The molecule has 7 rings (SSSR count). The molecule has 2 heterocycles. The third-order valence-corrected chi connectivity index (χ3v) is 20.1. The lowest BCUT2D eigenvalue weighted by Gasteiger charge is -2.70. The molecule has 2 saturated heterocycles. The van der Waals surface area contributed by atoms with Crippen molar-refractivity contribution in [3.63, 3.8) is 0 Å². The fourth-order valence-electron chi connectivity index (χ4n) is 15.1. The zero-order valence-electron chi connectivity index (χ0n) is 45.4. The summed E-state index contributed by atoms with van der Waals surface area (Å²) in [6.45, 7) is 21.5. The van der Waals surface area contributed by atoms with Crippen molar-refractivity contribution in [1.29, 1.82) is 0 Å². The number of hydrogen-bond acceptors (Lipinski definition) is 17. The normalized spacial score (nSPS) is 44.5. The van der Waals surface area contributed by atoms with Gasteiger partial charge in [0.05, 0.1) is 25.7 Å². The van der Waals surface area contributed by atoms with Gasteiger partial charge in [0.25, 0.3) is 11.8 Å². The molecule has 6 fully saturated rings.